The first-order valence-corrected chi connectivity index (χ1v) is 7.59. The molecule has 1 aromatic heterocycles. The third-order valence-corrected chi connectivity index (χ3v) is 4.09. The maximum Gasteiger partial charge on any atom is 0.355 e. The number of hydrogen-bond donors (Lipinski definition) is 2. The van der Waals surface area contributed by atoms with Crippen molar-refractivity contribution in [2.24, 2.45) is 0 Å². The number of thiazole rings is 1. The molecule has 0 spiro atoms. The number of carbonyl (C=O) groups is 2. The second kappa shape index (κ2) is 7.35. The molecule has 0 unspecified atom stereocenters. The van der Waals surface area contributed by atoms with Gasteiger partial charge in [-0.25, -0.2) is 9.78 Å². The third-order valence-electron chi connectivity index (χ3n) is 3.18. The molecular formula is C13H18N2O4S. The lowest BCUT2D eigenvalue weighted by molar-refractivity contribution is -0.127. The number of ether oxygens (including phenoxy) is 1. The second-order valence-corrected chi connectivity index (χ2v) is 5.69. The van der Waals surface area contributed by atoms with Crippen molar-refractivity contribution in [2.75, 3.05) is 13.2 Å². The summed E-state index contributed by atoms with van der Waals surface area (Å²) in [5, 5.41) is 13.7. The molecule has 0 radical (unpaired) electrons. The Labute approximate surface area is 121 Å². The van der Waals surface area contributed by atoms with E-state index in [1.807, 2.05) is 0 Å². The van der Waals surface area contributed by atoms with Gasteiger partial charge in [-0.05, 0) is 12.8 Å². The van der Waals surface area contributed by atoms with Crippen LogP contribution in [0.1, 0.15) is 41.2 Å². The van der Waals surface area contributed by atoms with E-state index in [0.29, 0.717) is 18.0 Å². The molecule has 20 heavy (non-hydrogen) atoms. The van der Waals surface area contributed by atoms with Crippen LogP contribution in [0.5, 0.6) is 0 Å². The minimum atomic E-state index is -1.03. The van der Waals surface area contributed by atoms with Crippen LogP contribution in [0, 0.1) is 0 Å². The lowest BCUT2D eigenvalue weighted by atomic mass is 10.3. The van der Waals surface area contributed by atoms with E-state index in [-0.39, 0.29) is 24.3 Å². The van der Waals surface area contributed by atoms with Crippen molar-refractivity contribution < 1.29 is 19.4 Å². The Morgan fingerprint density at radius 3 is 2.85 bits per heavy atom. The van der Waals surface area contributed by atoms with Crippen LogP contribution in [0.3, 0.4) is 0 Å². The molecular weight excluding hydrogens is 280 g/mol. The van der Waals surface area contributed by atoms with Gasteiger partial charge in [-0.15, -0.1) is 11.3 Å². The summed E-state index contributed by atoms with van der Waals surface area (Å²) in [6.07, 6.45) is 5.23. The molecule has 2 rings (SSSR count). The number of aromatic carboxylic acids is 1. The summed E-state index contributed by atoms with van der Waals surface area (Å²) in [7, 11) is 0. The number of carboxylic acids is 1. The highest BCUT2D eigenvalue weighted by Gasteiger charge is 2.16. The van der Waals surface area contributed by atoms with E-state index < -0.39 is 5.97 Å². The normalized spacial score (nSPS) is 15.4. The monoisotopic (exact) mass is 298 g/mol. The fourth-order valence-electron chi connectivity index (χ4n) is 2.13. The molecule has 110 valence electrons. The Kier molecular flexibility index (Phi) is 5.49. The summed E-state index contributed by atoms with van der Waals surface area (Å²) in [5.41, 5.74) is 0.0564. The Bertz CT molecular complexity index is 469. The molecule has 1 aliphatic carbocycles. The number of carboxylic acid groups (broad SMARTS) is 1. The van der Waals surface area contributed by atoms with Crippen molar-refractivity contribution in [1.29, 1.82) is 0 Å². The predicted octanol–water partition coefficient (Wildman–Crippen LogP) is 1.46. The molecule has 7 heteroatoms. The quantitative estimate of drug-likeness (QED) is 0.795. The minimum Gasteiger partial charge on any atom is -0.476 e. The van der Waals surface area contributed by atoms with Crippen LogP contribution >= 0.6 is 11.3 Å². The van der Waals surface area contributed by atoms with Crippen LogP contribution < -0.4 is 5.32 Å². The maximum atomic E-state index is 11.6. The van der Waals surface area contributed by atoms with Crippen LogP contribution in [-0.4, -0.2) is 41.2 Å². The van der Waals surface area contributed by atoms with Crippen LogP contribution in [0.25, 0.3) is 0 Å². The molecule has 0 aliphatic heterocycles. The Morgan fingerprint density at radius 1 is 1.45 bits per heavy atom. The summed E-state index contributed by atoms with van der Waals surface area (Å²) in [6.45, 7) is 0.544. The van der Waals surface area contributed by atoms with E-state index in [9.17, 15) is 9.59 Å². The standard InChI is InChI=1S/C13H18N2O4S/c16-11(7-19-9-3-1-2-4-9)14-6-5-12-15-10(8-20-12)13(17)18/h8-9H,1-7H2,(H,14,16)(H,17,18). The van der Waals surface area contributed by atoms with E-state index in [1.54, 1.807) is 0 Å². The van der Waals surface area contributed by atoms with Crippen molar-refractivity contribution in [3.63, 3.8) is 0 Å². The van der Waals surface area contributed by atoms with E-state index in [0.717, 1.165) is 12.8 Å². The summed E-state index contributed by atoms with van der Waals surface area (Å²) in [5.74, 6) is -1.16. The van der Waals surface area contributed by atoms with Gasteiger partial charge >= 0.3 is 5.97 Å². The van der Waals surface area contributed by atoms with Gasteiger partial charge < -0.3 is 15.2 Å². The molecule has 1 amide bonds. The molecule has 6 nitrogen and oxygen atoms in total. The first-order valence-electron chi connectivity index (χ1n) is 6.71. The van der Waals surface area contributed by atoms with Crippen molar-refractivity contribution in [3.8, 4) is 0 Å². The Morgan fingerprint density at radius 2 is 2.20 bits per heavy atom. The highest BCUT2D eigenvalue weighted by Crippen LogP contribution is 2.20. The first-order chi connectivity index (χ1) is 9.65. The topological polar surface area (TPSA) is 88.5 Å². The van der Waals surface area contributed by atoms with Crippen molar-refractivity contribution in [3.05, 3.63) is 16.1 Å². The first kappa shape index (κ1) is 14.9. The number of aromatic nitrogens is 1. The van der Waals surface area contributed by atoms with Crippen LogP contribution in [-0.2, 0) is 16.0 Å². The SMILES string of the molecule is O=C(COC1CCCC1)NCCc1nc(C(=O)O)cs1. The molecule has 1 heterocycles. The van der Waals surface area contributed by atoms with E-state index >= 15 is 0 Å². The van der Waals surface area contributed by atoms with Gasteiger partial charge in [0.15, 0.2) is 5.69 Å². The van der Waals surface area contributed by atoms with Gasteiger partial charge in [-0.2, -0.15) is 0 Å². The summed E-state index contributed by atoms with van der Waals surface area (Å²) < 4.78 is 5.50. The summed E-state index contributed by atoms with van der Waals surface area (Å²) >= 11 is 1.29. The van der Waals surface area contributed by atoms with Crippen molar-refractivity contribution in [2.45, 2.75) is 38.2 Å². The summed E-state index contributed by atoms with van der Waals surface area (Å²) in [4.78, 5) is 26.2. The maximum absolute atomic E-state index is 11.6. The van der Waals surface area contributed by atoms with Gasteiger partial charge in [-0.1, -0.05) is 12.8 Å². The molecule has 0 aromatic carbocycles. The average molecular weight is 298 g/mol. The smallest absolute Gasteiger partial charge is 0.355 e. The molecule has 1 saturated carbocycles. The number of carbonyl (C=O) groups excluding carboxylic acids is 1. The van der Waals surface area contributed by atoms with Gasteiger partial charge in [0.05, 0.1) is 11.1 Å². The lowest BCUT2D eigenvalue weighted by Crippen LogP contribution is -2.30. The van der Waals surface area contributed by atoms with Gasteiger partial charge in [0.2, 0.25) is 5.91 Å². The highest BCUT2D eigenvalue weighted by atomic mass is 32.1. The van der Waals surface area contributed by atoms with E-state index in [2.05, 4.69) is 10.3 Å². The van der Waals surface area contributed by atoms with Crippen molar-refractivity contribution >= 4 is 23.2 Å². The molecule has 1 aromatic rings. The third kappa shape index (κ3) is 4.57. The fourth-order valence-corrected chi connectivity index (χ4v) is 2.90. The number of amides is 1. The zero-order chi connectivity index (χ0) is 14.4. The zero-order valence-corrected chi connectivity index (χ0v) is 11.9. The molecule has 0 bridgehead atoms. The molecule has 0 atom stereocenters. The molecule has 1 aliphatic rings. The Balaban J connectivity index is 1.61. The van der Waals surface area contributed by atoms with Gasteiger partial charge in [0, 0.05) is 18.3 Å². The zero-order valence-electron chi connectivity index (χ0n) is 11.1. The second-order valence-electron chi connectivity index (χ2n) is 4.75. The van der Waals surface area contributed by atoms with E-state index in [4.69, 9.17) is 9.84 Å². The van der Waals surface area contributed by atoms with Gasteiger partial charge in [0.1, 0.15) is 6.61 Å². The number of nitrogens with one attached hydrogen (secondary N) is 1. The summed E-state index contributed by atoms with van der Waals surface area (Å²) in [6, 6.07) is 0. The van der Waals surface area contributed by atoms with Crippen LogP contribution in [0.4, 0.5) is 0 Å². The fraction of sp³-hybridized carbons (Fsp3) is 0.615. The molecule has 0 saturated heterocycles. The van der Waals surface area contributed by atoms with Crippen molar-refractivity contribution in [1.82, 2.24) is 10.3 Å². The Hall–Kier alpha value is -1.47. The van der Waals surface area contributed by atoms with Crippen LogP contribution in [0.2, 0.25) is 0 Å². The number of rotatable bonds is 7. The lowest BCUT2D eigenvalue weighted by Gasteiger charge is -2.10. The average Bonchev–Trinajstić information content (AvgIpc) is 3.07. The van der Waals surface area contributed by atoms with Crippen LogP contribution in [0.15, 0.2) is 5.38 Å². The molecule has 1 fully saturated rings. The largest absolute Gasteiger partial charge is 0.476 e. The molecule has 2 N–H and O–H groups in total. The predicted molar refractivity (Wildman–Crippen MR) is 74.0 cm³/mol. The number of hydrogen-bond acceptors (Lipinski definition) is 5. The van der Waals surface area contributed by atoms with E-state index in [1.165, 1.54) is 29.6 Å². The number of nitrogens with zero attached hydrogens (tertiary/aromatic N) is 1. The van der Waals surface area contributed by atoms with Gasteiger partial charge in [-0.3, -0.25) is 4.79 Å². The van der Waals surface area contributed by atoms with Gasteiger partial charge in [0.25, 0.3) is 0 Å². The highest BCUT2D eigenvalue weighted by molar-refractivity contribution is 7.09. The minimum absolute atomic E-state index is 0.0564.